The van der Waals surface area contributed by atoms with Crippen molar-refractivity contribution in [3.8, 4) is 0 Å². The van der Waals surface area contributed by atoms with E-state index in [1.165, 1.54) is 7.11 Å². The van der Waals surface area contributed by atoms with Gasteiger partial charge < -0.3 is 14.8 Å². The Bertz CT molecular complexity index is 231. The first-order valence-electron chi connectivity index (χ1n) is 5.24. The van der Waals surface area contributed by atoms with Crippen LogP contribution in [0.15, 0.2) is 0 Å². The number of carbonyl (C=O) groups excluding carboxylic acids is 1. The minimum absolute atomic E-state index is 0.0294. The van der Waals surface area contributed by atoms with E-state index in [0.29, 0.717) is 0 Å². The monoisotopic (exact) mass is 257 g/mol. The van der Waals surface area contributed by atoms with Gasteiger partial charge in [-0.25, -0.2) is 0 Å². The van der Waals surface area contributed by atoms with Gasteiger partial charge in [0.2, 0.25) is 0 Å². The number of alkyl halides is 3. The smallest absolute Gasteiger partial charge is 0.411 e. The highest BCUT2D eigenvalue weighted by molar-refractivity contribution is 5.75. The van der Waals surface area contributed by atoms with Gasteiger partial charge in [-0.3, -0.25) is 4.79 Å². The highest BCUT2D eigenvalue weighted by Gasteiger charge is 2.28. The van der Waals surface area contributed by atoms with Crippen LogP contribution >= 0.6 is 0 Å². The van der Waals surface area contributed by atoms with Gasteiger partial charge in [0.25, 0.3) is 0 Å². The van der Waals surface area contributed by atoms with Crippen molar-refractivity contribution < 1.29 is 27.4 Å². The van der Waals surface area contributed by atoms with Crippen LogP contribution in [0.25, 0.3) is 0 Å². The zero-order valence-electron chi connectivity index (χ0n) is 10.1. The van der Waals surface area contributed by atoms with E-state index in [1.807, 2.05) is 13.8 Å². The van der Waals surface area contributed by atoms with Crippen molar-refractivity contribution in [1.82, 2.24) is 5.32 Å². The minimum Gasteiger partial charge on any atom is -0.468 e. The second-order valence-electron chi connectivity index (χ2n) is 3.85. The molecule has 0 aromatic heterocycles. The number of methoxy groups -OCH3 is 1. The van der Waals surface area contributed by atoms with Crippen molar-refractivity contribution in [2.24, 2.45) is 0 Å². The molecule has 0 aliphatic heterocycles. The summed E-state index contributed by atoms with van der Waals surface area (Å²) in [5.41, 5.74) is 0. The number of esters is 1. The molecule has 1 N–H and O–H groups in total. The van der Waals surface area contributed by atoms with Gasteiger partial charge in [-0.1, -0.05) is 13.8 Å². The molecule has 0 bridgehead atoms. The first-order valence-corrected chi connectivity index (χ1v) is 5.24. The van der Waals surface area contributed by atoms with E-state index in [9.17, 15) is 18.0 Å². The highest BCUT2D eigenvalue weighted by atomic mass is 19.4. The van der Waals surface area contributed by atoms with Crippen LogP contribution in [0.4, 0.5) is 13.2 Å². The average Bonchev–Trinajstić information content (AvgIpc) is 2.19. The van der Waals surface area contributed by atoms with Crippen molar-refractivity contribution in [2.45, 2.75) is 38.5 Å². The Morgan fingerprint density at radius 1 is 1.35 bits per heavy atom. The standard InChI is InChI=1S/C10H18F3NO3/c1-7(2)14-8(9(15)16-3)4-5-17-6-10(11,12)13/h7-8,14H,4-6H2,1-3H3. The number of ether oxygens (including phenoxy) is 2. The van der Waals surface area contributed by atoms with Gasteiger partial charge in [-0.2, -0.15) is 13.2 Å². The predicted octanol–water partition coefficient (Wildman–Crippen LogP) is 1.49. The second kappa shape index (κ2) is 7.50. The molecular formula is C10H18F3NO3. The van der Waals surface area contributed by atoms with Crippen LogP contribution in [0.2, 0.25) is 0 Å². The summed E-state index contributed by atoms with van der Waals surface area (Å²) >= 11 is 0. The van der Waals surface area contributed by atoms with Gasteiger partial charge >= 0.3 is 12.1 Å². The molecule has 7 heteroatoms. The quantitative estimate of drug-likeness (QED) is 0.554. The number of nitrogens with one attached hydrogen (secondary N) is 1. The molecule has 1 atom stereocenters. The van der Waals surface area contributed by atoms with E-state index in [-0.39, 0.29) is 19.1 Å². The van der Waals surface area contributed by atoms with Crippen LogP contribution in [0.5, 0.6) is 0 Å². The molecule has 0 radical (unpaired) electrons. The van der Waals surface area contributed by atoms with Gasteiger partial charge in [0, 0.05) is 12.6 Å². The lowest BCUT2D eigenvalue weighted by Gasteiger charge is -2.19. The first kappa shape index (κ1) is 16.2. The van der Waals surface area contributed by atoms with Gasteiger partial charge in [0.05, 0.1) is 7.11 Å². The third-order valence-corrected chi connectivity index (χ3v) is 1.84. The van der Waals surface area contributed by atoms with Crippen LogP contribution in [-0.2, 0) is 14.3 Å². The molecule has 0 rings (SSSR count). The number of hydrogen-bond donors (Lipinski definition) is 1. The molecular weight excluding hydrogens is 239 g/mol. The fraction of sp³-hybridized carbons (Fsp3) is 0.900. The summed E-state index contributed by atoms with van der Waals surface area (Å²) in [5, 5.41) is 2.89. The van der Waals surface area contributed by atoms with Gasteiger partial charge in [0.1, 0.15) is 12.6 Å². The maximum atomic E-state index is 11.8. The molecule has 0 fully saturated rings. The summed E-state index contributed by atoms with van der Waals surface area (Å²) in [6.45, 7) is 2.20. The van der Waals surface area contributed by atoms with Crippen LogP contribution < -0.4 is 5.32 Å². The Kier molecular flexibility index (Phi) is 7.13. The molecule has 17 heavy (non-hydrogen) atoms. The highest BCUT2D eigenvalue weighted by Crippen LogP contribution is 2.14. The molecule has 102 valence electrons. The molecule has 0 heterocycles. The molecule has 0 aliphatic carbocycles. The lowest BCUT2D eigenvalue weighted by Crippen LogP contribution is -2.42. The Hall–Kier alpha value is -0.820. The summed E-state index contributed by atoms with van der Waals surface area (Å²) in [4.78, 5) is 11.3. The van der Waals surface area contributed by atoms with Gasteiger partial charge in [-0.05, 0) is 6.42 Å². The molecule has 0 aromatic rings. The van der Waals surface area contributed by atoms with E-state index in [1.54, 1.807) is 0 Å². The number of rotatable bonds is 7. The van der Waals surface area contributed by atoms with Crippen LogP contribution in [0.3, 0.4) is 0 Å². The molecule has 0 amide bonds. The number of hydrogen-bond acceptors (Lipinski definition) is 4. The van der Waals surface area contributed by atoms with Crippen LogP contribution in [0.1, 0.15) is 20.3 Å². The zero-order chi connectivity index (χ0) is 13.5. The fourth-order valence-electron chi connectivity index (χ4n) is 1.20. The SMILES string of the molecule is COC(=O)C(CCOCC(F)(F)F)NC(C)C. The summed E-state index contributed by atoms with van der Waals surface area (Å²) in [6, 6.07) is -0.616. The van der Waals surface area contributed by atoms with Crippen molar-refractivity contribution in [3.05, 3.63) is 0 Å². The minimum atomic E-state index is -4.34. The first-order chi connectivity index (χ1) is 7.76. The van der Waals surface area contributed by atoms with Crippen LogP contribution in [0, 0.1) is 0 Å². The van der Waals surface area contributed by atoms with E-state index in [2.05, 4.69) is 14.8 Å². The topological polar surface area (TPSA) is 47.6 Å². The number of halogens is 3. The van der Waals surface area contributed by atoms with Crippen LogP contribution in [-0.4, -0.2) is 44.6 Å². The van der Waals surface area contributed by atoms with Crippen molar-refractivity contribution in [3.63, 3.8) is 0 Å². The van der Waals surface area contributed by atoms with E-state index < -0.39 is 24.8 Å². The predicted molar refractivity (Wildman–Crippen MR) is 55.6 cm³/mol. The molecule has 0 aliphatic rings. The fourth-order valence-corrected chi connectivity index (χ4v) is 1.20. The lowest BCUT2D eigenvalue weighted by atomic mass is 10.2. The number of carbonyl (C=O) groups is 1. The third-order valence-electron chi connectivity index (χ3n) is 1.84. The molecule has 0 saturated carbocycles. The van der Waals surface area contributed by atoms with Gasteiger partial charge in [-0.15, -0.1) is 0 Å². The largest absolute Gasteiger partial charge is 0.468 e. The molecule has 1 unspecified atom stereocenters. The maximum Gasteiger partial charge on any atom is 0.411 e. The summed E-state index contributed by atoms with van der Waals surface area (Å²) in [5.74, 6) is -0.505. The maximum absolute atomic E-state index is 11.8. The Morgan fingerprint density at radius 3 is 2.35 bits per heavy atom. The molecule has 0 saturated heterocycles. The van der Waals surface area contributed by atoms with Crippen molar-refractivity contribution >= 4 is 5.97 Å². The van der Waals surface area contributed by atoms with Gasteiger partial charge in [0.15, 0.2) is 0 Å². The van der Waals surface area contributed by atoms with E-state index >= 15 is 0 Å². The zero-order valence-corrected chi connectivity index (χ0v) is 10.1. The third kappa shape index (κ3) is 8.93. The Morgan fingerprint density at radius 2 is 1.94 bits per heavy atom. The van der Waals surface area contributed by atoms with E-state index in [4.69, 9.17) is 0 Å². The average molecular weight is 257 g/mol. The summed E-state index contributed by atoms with van der Waals surface area (Å²) < 4.78 is 44.3. The Labute approximate surface area is 98.5 Å². The van der Waals surface area contributed by atoms with Crippen molar-refractivity contribution in [2.75, 3.05) is 20.3 Å². The van der Waals surface area contributed by atoms with Crippen molar-refractivity contribution in [1.29, 1.82) is 0 Å². The Balaban J connectivity index is 3.96. The summed E-state index contributed by atoms with van der Waals surface area (Å²) in [6.07, 6.45) is -4.20. The lowest BCUT2D eigenvalue weighted by molar-refractivity contribution is -0.174. The second-order valence-corrected chi connectivity index (χ2v) is 3.85. The molecule has 0 spiro atoms. The molecule has 0 aromatic carbocycles. The normalized spacial score (nSPS) is 13.8. The van der Waals surface area contributed by atoms with E-state index in [0.717, 1.165) is 0 Å². The summed E-state index contributed by atoms with van der Waals surface area (Å²) in [7, 11) is 1.23. The molecule has 4 nitrogen and oxygen atoms in total.